The van der Waals surface area contributed by atoms with Crippen molar-refractivity contribution in [2.45, 2.75) is 43.7 Å². The van der Waals surface area contributed by atoms with Crippen LogP contribution in [0.3, 0.4) is 0 Å². The Morgan fingerprint density at radius 3 is 2.39 bits per heavy atom. The summed E-state index contributed by atoms with van der Waals surface area (Å²) in [4.78, 5) is 34.5. The monoisotopic (exact) mass is 493 g/mol. The van der Waals surface area contributed by atoms with Crippen LogP contribution in [0, 0.1) is 5.92 Å². The molecule has 0 spiro atoms. The van der Waals surface area contributed by atoms with E-state index in [1.807, 2.05) is 12.2 Å². The smallest absolute Gasteiger partial charge is 0.417 e. The summed E-state index contributed by atoms with van der Waals surface area (Å²) >= 11 is 0. The van der Waals surface area contributed by atoms with E-state index in [1.54, 1.807) is 0 Å². The number of nitrogens with zero attached hydrogens (tertiary/aromatic N) is 1. The van der Waals surface area contributed by atoms with Crippen molar-refractivity contribution in [3.05, 3.63) is 29.8 Å². The number of sulfonamides is 1. The molecule has 3 amide bonds. The zero-order valence-electron chi connectivity index (χ0n) is 18.0. The molecular formula is C20H26F3N3O6S. The summed E-state index contributed by atoms with van der Waals surface area (Å²) in [6.07, 6.45) is -3.19. The van der Waals surface area contributed by atoms with Crippen LogP contribution in [0.2, 0.25) is 0 Å². The number of alkyl halides is 3. The van der Waals surface area contributed by atoms with Crippen molar-refractivity contribution < 1.29 is 40.7 Å². The van der Waals surface area contributed by atoms with E-state index in [9.17, 15) is 36.0 Å². The van der Waals surface area contributed by atoms with Gasteiger partial charge in [-0.25, -0.2) is 13.2 Å². The van der Waals surface area contributed by atoms with Gasteiger partial charge < -0.3 is 10.1 Å². The van der Waals surface area contributed by atoms with Gasteiger partial charge in [0.15, 0.2) is 6.61 Å². The van der Waals surface area contributed by atoms with Crippen molar-refractivity contribution in [1.82, 2.24) is 14.9 Å². The lowest BCUT2D eigenvalue weighted by molar-refractivity contribution is -0.153. The average Bonchev–Trinajstić information content (AvgIpc) is 2.77. The van der Waals surface area contributed by atoms with E-state index in [2.05, 4.69) is 5.32 Å². The molecule has 0 bridgehead atoms. The molecule has 1 heterocycles. The number of carbonyl (C=O) groups is 3. The highest BCUT2D eigenvalue weighted by Gasteiger charge is 2.40. The topological polar surface area (TPSA) is 122 Å². The molecule has 1 aromatic carbocycles. The third kappa shape index (κ3) is 7.42. The van der Waals surface area contributed by atoms with Crippen molar-refractivity contribution in [3.63, 3.8) is 0 Å². The molecule has 1 aliphatic heterocycles. The lowest BCUT2D eigenvalue weighted by Crippen LogP contribution is -2.43. The molecule has 0 aliphatic carbocycles. The van der Waals surface area contributed by atoms with E-state index < -0.39 is 57.1 Å². The van der Waals surface area contributed by atoms with Crippen LogP contribution in [0.4, 0.5) is 18.0 Å². The van der Waals surface area contributed by atoms with Gasteiger partial charge in [-0.2, -0.15) is 17.5 Å². The molecule has 0 aromatic heterocycles. The molecule has 1 aliphatic rings. The van der Waals surface area contributed by atoms with Crippen LogP contribution < -0.4 is 10.6 Å². The zero-order valence-corrected chi connectivity index (χ0v) is 18.8. The number of urea groups is 1. The predicted octanol–water partition coefficient (Wildman–Crippen LogP) is 2.28. The molecule has 184 valence electrons. The van der Waals surface area contributed by atoms with Crippen LogP contribution in [0.5, 0.6) is 0 Å². The first-order valence-corrected chi connectivity index (χ1v) is 11.8. The number of benzene rings is 1. The second kappa shape index (κ2) is 11.5. The Hall–Kier alpha value is -2.67. The largest absolute Gasteiger partial charge is 0.455 e. The molecule has 0 saturated carbocycles. The Kier molecular flexibility index (Phi) is 9.23. The third-order valence-electron chi connectivity index (χ3n) is 5.01. The zero-order chi connectivity index (χ0) is 24.6. The Labute approximate surface area is 189 Å². The van der Waals surface area contributed by atoms with Crippen LogP contribution >= 0.6 is 0 Å². The number of rotatable bonds is 8. The summed E-state index contributed by atoms with van der Waals surface area (Å²) in [6, 6.07) is 3.21. The Morgan fingerprint density at radius 2 is 1.79 bits per heavy atom. The lowest BCUT2D eigenvalue weighted by atomic mass is 9.98. The minimum Gasteiger partial charge on any atom is -0.455 e. The number of hydrogen-bond acceptors (Lipinski definition) is 6. The Bertz CT molecular complexity index is 960. The minimum absolute atomic E-state index is 0.0192. The maximum atomic E-state index is 13.2. The molecule has 13 heteroatoms. The normalized spacial score (nSPS) is 15.6. The average molecular weight is 494 g/mol. The molecule has 1 fully saturated rings. The van der Waals surface area contributed by atoms with Gasteiger partial charge in [0.25, 0.3) is 5.91 Å². The van der Waals surface area contributed by atoms with Gasteiger partial charge in [0.2, 0.25) is 10.0 Å². The van der Waals surface area contributed by atoms with E-state index in [0.717, 1.165) is 29.3 Å². The number of piperidine rings is 1. The van der Waals surface area contributed by atoms with Gasteiger partial charge in [-0.3, -0.25) is 14.9 Å². The number of halogens is 3. The Balaban J connectivity index is 1.88. The van der Waals surface area contributed by atoms with E-state index in [-0.39, 0.29) is 25.9 Å². The quantitative estimate of drug-likeness (QED) is 0.423. The van der Waals surface area contributed by atoms with Gasteiger partial charge in [0.05, 0.1) is 16.4 Å². The van der Waals surface area contributed by atoms with E-state index >= 15 is 0 Å². The van der Waals surface area contributed by atoms with Crippen molar-refractivity contribution in [3.8, 4) is 0 Å². The summed E-state index contributed by atoms with van der Waals surface area (Å²) in [5.41, 5.74) is -1.25. The predicted molar refractivity (Wildman–Crippen MR) is 110 cm³/mol. The molecule has 9 nitrogen and oxygen atoms in total. The van der Waals surface area contributed by atoms with Gasteiger partial charge in [0.1, 0.15) is 0 Å². The fraction of sp³-hybridized carbons (Fsp3) is 0.550. The first kappa shape index (κ1) is 26.6. The molecular weight excluding hydrogens is 467 g/mol. The Morgan fingerprint density at radius 1 is 1.15 bits per heavy atom. The van der Waals surface area contributed by atoms with Crippen molar-refractivity contribution in [2.24, 2.45) is 5.92 Å². The van der Waals surface area contributed by atoms with Crippen LogP contribution in [-0.4, -0.2) is 56.9 Å². The second-order valence-electron chi connectivity index (χ2n) is 7.44. The number of hydrogen-bond donors (Lipinski definition) is 2. The standard InChI is InChI=1S/C20H26F3N3O6S/c1-2-3-10-24-19(29)25-17(27)13-32-18(28)14-8-11-26(12-9-14)33(30,31)16-7-5-4-6-15(16)20(21,22)23/h4-7,14H,2-3,8-13H2,1H3,(H2,24,25,27,29). The molecule has 2 rings (SSSR count). The van der Waals surface area contributed by atoms with Crippen molar-refractivity contribution in [1.29, 1.82) is 0 Å². The van der Waals surface area contributed by atoms with Crippen LogP contribution in [-0.2, 0) is 30.5 Å². The summed E-state index contributed by atoms with van der Waals surface area (Å²) in [7, 11) is -4.42. The molecule has 33 heavy (non-hydrogen) atoms. The van der Waals surface area contributed by atoms with E-state index in [1.165, 1.54) is 6.07 Å². The SMILES string of the molecule is CCCCNC(=O)NC(=O)COC(=O)C1CCN(S(=O)(=O)c2ccccc2C(F)(F)F)CC1. The second-order valence-corrected chi connectivity index (χ2v) is 9.34. The fourth-order valence-corrected chi connectivity index (χ4v) is 4.92. The highest BCUT2D eigenvalue weighted by molar-refractivity contribution is 7.89. The summed E-state index contributed by atoms with van der Waals surface area (Å²) in [6.45, 7) is 1.29. The third-order valence-corrected chi connectivity index (χ3v) is 6.97. The molecule has 0 atom stereocenters. The first-order chi connectivity index (χ1) is 15.5. The van der Waals surface area contributed by atoms with E-state index in [0.29, 0.717) is 12.6 Å². The number of carbonyl (C=O) groups excluding carboxylic acids is 3. The van der Waals surface area contributed by atoms with Gasteiger partial charge in [-0.05, 0) is 31.4 Å². The molecule has 1 saturated heterocycles. The summed E-state index contributed by atoms with van der Waals surface area (Å²) < 4.78 is 71.0. The van der Waals surface area contributed by atoms with Crippen LogP contribution in [0.1, 0.15) is 38.2 Å². The number of esters is 1. The van der Waals surface area contributed by atoms with Crippen LogP contribution in [0.15, 0.2) is 29.2 Å². The molecule has 0 radical (unpaired) electrons. The number of amides is 3. The van der Waals surface area contributed by atoms with Crippen molar-refractivity contribution >= 4 is 27.9 Å². The highest BCUT2D eigenvalue weighted by atomic mass is 32.2. The minimum atomic E-state index is -4.83. The van der Waals surface area contributed by atoms with Gasteiger partial charge in [-0.1, -0.05) is 25.5 Å². The molecule has 2 N–H and O–H groups in total. The lowest BCUT2D eigenvalue weighted by Gasteiger charge is -2.30. The van der Waals surface area contributed by atoms with Crippen LogP contribution in [0.25, 0.3) is 0 Å². The fourth-order valence-electron chi connectivity index (χ4n) is 3.24. The first-order valence-electron chi connectivity index (χ1n) is 10.4. The highest BCUT2D eigenvalue weighted by Crippen LogP contribution is 2.36. The van der Waals surface area contributed by atoms with Crippen molar-refractivity contribution in [2.75, 3.05) is 26.2 Å². The number of nitrogens with one attached hydrogen (secondary N) is 2. The van der Waals surface area contributed by atoms with Gasteiger partial charge in [-0.15, -0.1) is 0 Å². The van der Waals surface area contributed by atoms with Gasteiger partial charge in [0, 0.05) is 19.6 Å². The van der Waals surface area contributed by atoms with E-state index in [4.69, 9.17) is 4.74 Å². The maximum Gasteiger partial charge on any atom is 0.417 e. The number of unbranched alkanes of at least 4 members (excludes halogenated alkanes) is 1. The van der Waals surface area contributed by atoms with Gasteiger partial charge >= 0.3 is 18.2 Å². The maximum absolute atomic E-state index is 13.2. The number of ether oxygens (including phenoxy) is 1. The molecule has 0 unspecified atom stereocenters. The summed E-state index contributed by atoms with van der Waals surface area (Å²) in [5.74, 6) is -2.29. The summed E-state index contributed by atoms with van der Waals surface area (Å²) in [5, 5.41) is 4.48. The molecule has 1 aromatic rings. The number of imide groups is 1.